The number of rotatable bonds is 10. The molecule has 0 amide bonds. The molecule has 214 valence electrons. The van der Waals surface area contributed by atoms with Crippen molar-refractivity contribution in [2.45, 2.75) is 64.0 Å². The van der Waals surface area contributed by atoms with E-state index in [0.29, 0.717) is 30.1 Å². The number of nitrogens with zero attached hydrogens (tertiary/aromatic N) is 3. The molecule has 1 N–H and O–H groups in total. The Bertz CT molecular complexity index is 1270. The molecule has 2 aromatic carbocycles. The van der Waals surface area contributed by atoms with Gasteiger partial charge in [-0.2, -0.15) is 0 Å². The summed E-state index contributed by atoms with van der Waals surface area (Å²) >= 11 is 0. The minimum absolute atomic E-state index is 0.234. The number of aliphatic hydroxyl groups is 1. The molecule has 3 aromatic rings. The molecular weight excluding hydrogens is 502 g/mol. The third-order valence-electron chi connectivity index (χ3n) is 8.41. The fraction of sp³-hybridized carbons (Fsp3) is 0.485. The first kappa shape index (κ1) is 28.2. The van der Waals surface area contributed by atoms with Gasteiger partial charge in [0.1, 0.15) is 18.5 Å². The quantitative estimate of drug-likeness (QED) is 0.327. The maximum atomic E-state index is 10.9. The van der Waals surface area contributed by atoms with Gasteiger partial charge in [-0.1, -0.05) is 55.7 Å². The minimum Gasteiger partial charge on any atom is -0.490 e. The number of aromatic nitrogens is 1. The fourth-order valence-corrected chi connectivity index (χ4v) is 6.12. The highest BCUT2D eigenvalue weighted by Crippen LogP contribution is 2.38. The van der Waals surface area contributed by atoms with Crippen LogP contribution in [0.1, 0.15) is 67.4 Å². The van der Waals surface area contributed by atoms with Gasteiger partial charge in [-0.3, -0.25) is 4.90 Å². The van der Waals surface area contributed by atoms with Crippen molar-refractivity contribution in [1.82, 2.24) is 10.1 Å². The molecule has 0 spiro atoms. The van der Waals surface area contributed by atoms with Crippen LogP contribution in [0.3, 0.4) is 0 Å². The molecule has 2 aliphatic rings. The molecule has 2 unspecified atom stereocenters. The van der Waals surface area contributed by atoms with Crippen molar-refractivity contribution in [3.63, 3.8) is 0 Å². The Kier molecular flexibility index (Phi) is 9.45. The molecule has 1 aliphatic carbocycles. The molecule has 0 bridgehead atoms. The van der Waals surface area contributed by atoms with Crippen LogP contribution in [0.4, 0.5) is 5.69 Å². The standard InChI is InChI=1S/C33H43N3O4/c1-24-21-36(30-15-9-8-14-29(30)26-11-5-4-6-12-26)20-19-35(24)22-28(37)23-39-32-16-10-7-13-27(32)17-18-31-25(2)33(38-3)34-40-31/h7-10,13-18,24,26,28,37H,4-6,11-12,19-23H2,1-3H3/b18-17+. The van der Waals surface area contributed by atoms with E-state index in [1.165, 1.54) is 43.4 Å². The second-order valence-corrected chi connectivity index (χ2v) is 11.2. The van der Waals surface area contributed by atoms with Crippen LogP contribution in [0, 0.1) is 6.92 Å². The van der Waals surface area contributed by atoms with Crippen LogP contribution < -0.4 is 14.4 Å². The van der Waals surface area contributed by atoms with Gasteiger partial charge in [-0.15, -0.1) is 0 Å². The highest BCUT2D eigenvalue weighted by atomic mass is 16.5. The monoisotopic (exact) mass is 545 g/mol. The number of benzene rings is 2. The summed E-state index contributed by atoms with van der Waals surface area (Å²) in [6.45, 7) is 7.87. The van der Waals surface area contributed by atoms with Crippen molar-refractivity contribution >= 4 is 17.8 Å². The van der Waals surface area contributed by atoms with Crippen LogP contribution in [-0.2, 0) is 0 Å². The van der Waals surface area contributed by atoms with E-state index in [4.69, 9.17) is 14.0 Å². The number of piperazine rings is 1. The molecule has 7 heteroatoms. The van der Waals surface area contributed by atoms with Crippen molar-refractivity contribution in [3.05, 3.63) is 71.0 Å². The van der Waals surface area contributed by atoms with Gasteiger partial charge in [0.05, 0.1) is 12.7 Å². The molecule has 1 saturated carbocycles. The van der Waals surface area contributed by atoms with Gasteiger partial charge in [0.15, 0.2) is 5.76 Å². The number of para-hydroxylation sites is 2. The summed E-state index contributed by atoms with van der Waals surface area (Å²) in [5, 5.41) is 14.8. The predicted molar refractivity (Wildman–Crippen MR) is 160 cm³/mol. The van der Waals surface area contributed by atoms with Gasteiger partial charge >= 0.3 is 0 Å². The lowest BCUT2D eigenvalue weighted by atomic mass is 9.83. The second kappa shape index (κ2) is 13.4. The third-order valence-corrected chi connectivity index (χ3v) is 8.41. The maximum Gasteiger partial charge on any atom is 0.257 e. The van der Waals surface area contributed by atoms with Gasteiger partial charge < -0.3 is 24.0 Å². The highest BCUT2D eigenvalue weighted by molar-refractivity contribution is 5.72. The van der Waals surface area contributed by atoms with Crippen molar-refractivity contribution in [3.8, 4) is 11.6 Å². The topological polar surface area (TPSA) is 71.2 Å². The minimum atomic E-state index is -0.582. The molecule has 0 radical (unpaired) electrons. The Morgan fingerprint density at radius 1 is 1.05 bits per heavy atom. The van der Waals surface area contributed by atoms with Gasteiger partial charge in [-0.05, 0) is 67.6 Å². The van der Waals surface area contributed by atoms with Crippen LogP contribution >= 0.6 is 0 Å². The first-order chi connectivity index (χ1) is 19.5. The van der Waals surface area contributed by atoms with Crippen molar-refractivity contribution < 1.29 is 19.1 Å². The Morgan fingerprint density at radius 3 is 2.60 bits per heavy atom. The summed E-state index contributed by atoms with van der Waals surface area (Å²) in [6, 6.07) is 17.2. The Labute approximate surface area is 238 Å². The van der Waals surface area contributed by atoms with Crippen LogP contribution in [-0.4, -0.2) is 67.2 Å². The van der Waals surface area contributed by atoms with Crippen molar-refractivity contribution in [2.24, 2.45) is 0 Å². The summed E-state index contributed by atoms with van der Waals surface area (Å²) in [7, 11) is 1.57. The number of anilines is 1. The van der Waals surface area contributed by atoms with Crippen LogP contribution in [0.2, 0.25) is 0 Å². The summed E-state index contributed by atoms with van der Waals surface area (Å²) in [4.78, 5) is 4.95. The number of methoxy groups -OCH3 is 1. The number of aliphatic hydroxyl groups excluding tert-OH is 1. The number of ether oxygens (including phenoxy) is 2. The lowest BCUT2D eigenvalue weighted by molar-refractivity contribution is 0.0511. The Balaban J connectivity index is 1.15. The van der Waals surface area contributed by atoms with E-state index in [0.717, 1.165) is 36.5 Å². The van der Waals surface area contributed by atoms with E-state index in [-0.39, 0.29) is 6.61 Å². The molecule has 5 rings (SSSR count). The lowest BCUT2D eigenvalue weighted by Crippen LogP contribution is -2.54. The van der Waals surface area contributed by atoms with E-state index in [2.05, 4.69) is 46.1 Å². The Morgan fingerprint density at radius 2 is 1.82 bits per heavy atom. The zero-order valence-electron chi connectivity index (χ0n) is 24.1. The Hall–Kier alpha value is -3.29. The van der Waals surface area contributed by atoms with Gasteiger partial charge in [0, 0.05) is 43.5 Å². The summed E-state index contributed by atoms with van der Waals surface area (Å²) in [5.74, 6) is 2.54. The zero-order valence-corrected chi connectivity index (χ0v) is 24.1. The van der Waals surface area contributed by atoms with Gasteiger partial charge in [0.25, 0.3) is 5.88 Å². The average Bonchev–Trinajstić information content (AvgIpc) is 3.35. The van der Waals surface area contributed by atoms with E-state index in [1.807, 2.05) is 43.3 Å². The van der Waals surface area contributed by atoms with E-state index < -0.39 is 6.10 Å². The molecule has 2 fully saturated rings. The first-order valence-electron chi connectivity index (χ1n) is 14.7. The number of hydrogen-bond donors (Lipinski definition) is 1. The molecular formula is C33H43N3O4. The average molecular weight is 546 g/mol. The maximum absolute atomic E-state index is 10.9. The van der Waals surface area contributed by atoms with Crippen LogP contribution in [0.5, 0.6) is 11.6 Å². The molecule has 1 aliphatic heterocycles. The number of hydrogen-bond acceptors (Lipinski definition) is 7. The molecule has 1 aromatic heterocycles. The van der Waals surface area contributed by atoms with E-state index in [1.54, 1.807) is 7.11 Å². The van der Waals surface area contributed by atoms with E-state index in [9.17, 15) is 5.11 Å². The fourth-order valence-electron chi connectivity index (χ4n) is 6.12. The van der Waals surface area contributed by atoms with Crippen molar-refractivity contribution in [1.29, 1.82) is 0 Å². The molecule has 7 nitrogen and oxygen atoms in total. The molecule has 1 saturated heterocycles. The predicted octanol–water partition coefficient (Wildman–Crippen LogP) is 6.16. The largest absolute Gasteiger partial charge is 0.490 e. The van der Waals surface area contributed by atoms with Gasteiger partial charge in [0.2, 0.25) is 0 Å². The summed E-state index contributed by atoms with van der Waals surface area (Å²) in [6.07, 6.45) is 9.90. The third kappa shape index (κ3) is 6.70. The molecule has 2 atom stereocenters. The molecule has 40 heavy (non-hydrogen) atoms. The molecule has 2 heterocycles. The normalized spacial score (nSPS) is 19.7. The first-order valence-corrected chi connectivity index (χ1v) is 14.7. The number of β-amino-alcohol motifs (C(OH)–C–C–N with tert-alkyl or cyclic N) is 1. The smallest absolute Gasteiger partial charge is 0.257 e. The summed E-state index contributed by atoms with van der Waals surface area (Å²) < 4.78 is 16.6. The highest BCUT2D eigenvalue weighted by Gasteiger charge is 2.28. The second-order valence-electron chi connectivity index (χ2n) is 11.2. The van der Waals surface area contributed by atoms with Crippen LogP contribution in [0.25, 0.3) is 12.2 Å². The van der Waals surface area contributed by atoms with Crippen molar-refractivity contribution in [2.75, 3.05) is 44.8 Å². The summed E-state index contributed by atoms with van der Waals surface area (Å²) in [5.41, 5.74) is 4.69. The van der Waals surface area contributed by atoms with Gasteiger partial charge in [-0.25, -0.2) is 0 Å². The van der Waals surface area contributed by atoms with E-state index >= 15 is 0 Å². The van der Waals surface area contributed by atoms with Crippen LogP contribution in [0.15, 0.2) is 53.1 Å². The SMILES string of the molecule is COc1noc(/C=C/c2ccccc2OCC(O)CN2CCN(c3ccccc3C3CCCCC3)CC2C)c1C. The lowest BCUT2D eigenvalue weighted by Gasteiger charge is -2.43. The zero-order chi connectivity index (χ0) is 27.9.